The number of nitrogens with zero attached hydrogens (tertiary/aromatic N) is 3. The van der Waals surface area contributed by atoms with Crippen molar-refractivity contribution < 1.29 is 13.2 Å². The molecule has 0 spiro atoms. The van der Waals surface area contributed by atoms with E-state index in [4.69, 9.17) is 0 Å². The molecule has 146 valence electrons. The lowest BCUT2D eigenvalue weighted by atomic mass is 10.2. The summed E-state index contributed by atoms with van der Waals surface area (Å²) in [5, 5.41) is 2.77. The molecule has 8 nitrogen and oxygen atoms in total. The molecule has 0 aliphatic carbocycles. The predicted octanol–water partition coefficient (Wildman–Crippen LogP) is 1.75. The van der Waals surface area contributed by atoms with Gasteiger partial charge in [0.15, 0.2) is 0 Å². The highest BCUT2D eigenvalue weighted by molar-refractivity contribution is 7.90. The first-order valence-electron chi connectivity index (χ1n) is 9.16. The Morgan fingerprint density at radius 2 is 1.96 bits per heavy atom. The third kappa shape index (κ3) is 3.57. The summed E-state index contributed by atoms with van der Waals surface area (Å²) in [6.45, 7) is 3.62. The van der Waals surface area contributed by atoms with Gasteiger partial charge in [0.2, 0.25) is 5.91 Å². The molecule has 4 rings (SSSR count). The van der Waals surface area contributed by atoms with E-state index in [-0.39, 0.29) is 16.6 Å². The molecule has 1 aromatic heterocycles. The molecule has 1 unspecified atom stereocenters. The Balaban J connectivity index is 1.46. The second-order valence-electron chi connectivity index (χ2n) is 6.84. The van der Waals surface area contributed by atoms with Gasteiger partial charge < -0.3 is 10.2 Å². The third-order valence-electron chi connectivity index (χ3n) is 4.81. The number of aliphatic imine (C=N–C) groups is 1. The number of hydrogen-bond donors (Lipinski definition) is 2. The lowest BCUT2D eigenvalue weighted by Crippen LogP contribution is -2.29. The monoisotopic (exact) mass is 399 g/mol. The van der Waals surface area contributed by atoms with Gasteiger partial charge in [-0.15, -0.1) is 0 Å². The molecule has 0 bridgehead atoms. The quantitative estimate of drug-likeness (QED) is 0.815. The van der Waals surface area contributed by atoms with Crippen LogP contribution in [-0.2, 0) is 14.8 Å². The maximum absolute atomic E-state index is 12.5. The second-order valence-corrected chi connectivity index (χ2v) is 8.49. The molecule has 1 aromatic carbocycles. The first-order valence-corrected chi connectivity index (χ1v) is 10.6. The number of anilines is 2. The van der Waals surface area contributed by atoms with Gasteiger partial charge in [-0.05, 0) is 44.0 Å². The molecule has 1 saturated heterocycles. The molecule has 2 N–H and O–H groups in total. The molecule has 2 aliphatic rings. The molecule has 28 heavy (non-hydrogen) atoms. The van der Waals surface area contributed by atoms with Gasteiger partial charge in [-0.2, -0.15) is 0 Å². The molecular weight excluding hydrogens is 378 g/mol. The Morgan fingerprint density at radius 1 is 1.21 bits per heavy atom. The van der Waals surface area contributed by atoms with E-state index in [9.17, 15) is 13.2 Å². The highest BCUT2D eigenvalue weighted by Gasteiger charge is 2.31. The van der Waals surface area contributed by atoms with Crippen molar-refractivity contribution in [1.29, 1.82) is 0 Å². The van der Waals surface area contributed by atoms with Crippen molar-refractivity contribution >= 4 is 33.3 Å². The maximum atomic E-state index is 12.5. The minimum atomic E-state index is -3.63. The average molecular weight is 399 g/mol. The number of nitrogens with one attached hydrogen (secondary N) is 2. The van der Waals surface area contributed by atoms with Crippen molar-refractivity contribution in [1.82, 2.24) is 9.71 Å². The summed E-state index contributed by atoms with van der Waals surface area (Å²) >= 11 is 0. The Labute approximate surface area is 163 Å². The minimum Gasteiger partial charge on any atom is -0.357 e. The van der Waals surface area contributed by atoms with Gasteiger partial charge in [0.1, 0.15) is 17.7 Å². The second kappa shape index (κ2) is 7.23. The molecule has 2 aromatic rings. The van der Waals surface area contributed by atoms with E-state index in [1.54, 1.807) is 31.3 Å². The number of pyridine rings is 1. The number of sulfonamides is 1. The fraction of sp³-hybridized carbons (Fsp3) is 0.316. The van der Waals surface area contributed by atoms with Crippen LogP contribution in [0.4, 0.5) is 11.5 Å². The van der Waals surface area contributed by atoms with Crippen LogP contribution in [0.1, 0.15) is 25.3 Å². The van der Waals surface area contributed by atoms with E-state index >= 15 is 0 Å². The highest BCUT2D eigenvalue weighted by atomic mass is 32.2. The van der Waals surface area contributed by atoms with Crippen LogP contribution in [-0.4, -0.2) is 44.3 Å². The first-order chi connectivity index (χ1) is 13.4. The van der Waals surface area contributed by atoms with Gasteiger partial charge in [-0.25, -0.2) is 13.4 Å². The number of amides is 1. The number of benzene rings is 1. The smallest absolute Gasteiger partial charge is 0.263 e. The number of carbonyl (C=O) groups excluding carboxylic acids is 1. The van der Waals surface area contributed by atoms with Crippen LogP contribution in [0.5, 0.6) is 0 Å². The van der Waals surface area contributed by atoms with Gasteiger partial charge in [0, 0.05) is 18.7 Å². The maximum Gasteiger partial charge on any atom is 0.263 e. The van der Waals surface area contributed by atoms with E-state index < -0.39 is 16.1 Å². The standard InChI is InChI=1S/C19H21N5O3S/c1-13(21-18-15-6-2-3-7-16(15)28(26,27)23-18)19(25)22-14-8-9-17(20-12-14)24-10-4-5-11-24/h2-3,6-9,12-13H,4-5,10-11H2,1H3,(H,21,23)(H,22,25). The lowest BCUT2D eigenvalue weighted by molar-refractivity contribution is -0.117. The van der Waals surface area contributed by atoms with Crippen LogP contribution in [0.3, 0.4) is 0 Å². The topological polar surface area (TPSA) is 104 Å². The molecular formula is C19H21N5O3S. The number of fused-ring (bicyclic) bond motifs is 1. The van der Waals surface area contributed by atoms with Crippen molar-refractivity contribution in [2.75, 3.05) is 23.3 Å². The van der Waals surface area contributed by atoms with Gasteiger partial charge >= 0.3 is 0 Å². The van der Waals surface area contributed by atoms with Gasteiger partial charge in [0.05, 0.1) is 16.8 Å². The van der Waals surface area contributed by atoms with Crippen LogP contribution in [0, 0.1) is 0 Å². The van der Waals surface area contributed by atoms with Gasteiger partial charge in [-0.1, -0.05) is 12.1 Å². The summed E-state index contributed by atoms with van der Waals surface area (Å²) in [5.74, 6) is 0.744. The summed E-state index contributed by atoms with van der Waals surface area (Å²) < 4.78 is 26.7. The van der Waals surface area contributed by atoms with Gasteiger partial charge in [-0.3, -0.25) is 14.5 Å². The largest absolute Gasteiger partial charge is 0.357 e. The van der Waals surface area contributed by atoms with Crippen molar-refractivity contribution in [3.05, 3.63) is 48.2 Å². The number of hydrogen-bond acceptors (Lipinski definition) is 6. The average Bonchev–Trinajstić information content (AvgIpc) is 3.30. The molecule has 1 fully saturated rings. The zero-order valence-electron chi connectivity index (χ0n) is 15.4. The zero-order chi connectivity index (χ0) is 19.7. The predicted molar refractivity (Wildman–Crippen MR) is 107 cm³/mol. The normalized spacial score (nSPS) is 19.9. The molecule has 9 heteroatoms. The van der Waals surface area contributed by atoms with Crippen LogP contribution in [0.25, 0.3) is 0 Å². The van der Waals surface area contributed by atoms with Crippen LogP contribution in [0.15, 0.2) is 52.5 Å². The fourth-order valence-electron chi connectivity index (χ4n) is 3.32. The first kappa shape index (κ1) is 18.4. The molecule has 2 aliphatic heterocycles. The molecule has 1 amide bonds. The van der Waals surface area contributed by atoms with Crippen molar-refractivity contribution in [3.8, 4) is 0 Å². The van der Waals surface area contributed by atoms with E-state index in [2.05, 4.69) is 24.9 Å². The van der Waals surface area contributed by atoms with Crippen LogP contribution < -0.4 is 14.9 Å². The fourth-order valence-corrected chi connectivity index (χ4v) is 4.56. The summed E-state index contributed by atoms with van der Waals surface area (Å²) in [7, 11) is -3.63. The lowest BCUT2D eigenvalue weighted by Gasteiger charge is -2.16. The van der Waals surface area contributed by atoms with Crippen molar-refractivity contribution in [2.24, 2.45) is 4.99 Å². The van der Waals surface area contributed by atoms with Gasteiger partial charge in [0.25, 0.3) is 10.0 Å². The Kier molecular flexibility index (Phi) is 4.76. The SMILES string of the molecule is CC(N=C1NS(=O)(=O)c2ccccc21)C(=O)Nc1ccc(N2CCCC2)nc1. The Morgan fingerprint density at radius 3 is 2.68 bits per heavy atom. The number of rotatable bonds is 4. The molecule has 0 radical (unpaired) electrons. The highest BCUT2D eigenvalue weighted by Crippen LogP contribution is 2.23. The van der Waals surface area contributed by atoms with Crippen molar-refractivity contribution in [2.45, 2.75) is 30.7 Å². The number of aromatic nitrogens is 1. The van der Waals surface area contributed by atoms with E-state index in [0.717, 1.165) is 18.9 Å². The summed E-state index contributed by atoms with van der Waals surface area (Å²) in [6.07, 6.45) is 3.97. The molecule has 0 saturated carbocycles. The van der Waals surface area contributed by atoms with E-state index in [0.29, 0.717) is 11.3 Å². The van der Waals surface area contributed by atoms with Crippen LogP contribution >= 0.6 is 0 Å². The Hall–Kier alpha value is -2.94. The third-order valence-corrected chi connectivity index (χ3v) is 6.21. The number of amidine groups is 1. The van der Waals surface area contributed by atoms with E-state index in [1.165, 1.54) is 18.9 Å². The summed E-state index contributed by atoms with van der Waals surface area (Å²) in [6, 6.07) is 9.48. The van der Waals surface area contributed by atoms with E-state index in [1.807, 2.05) is 12.1 Å². The summed E-state index contributed by atoms with van der Waals surface area (Å²) in [4.78, 5) is 23.5. The Bertz CT molecular complexity index is 1030. The minimum absolute atomic E-state index is 0.169. The molecule has 3 heterocycles. The van der Waals surface area contributed by atoms with Crippen molar-refractivity contribution in [3.63, 3.8) is 0 Å². The zero-order valence-corrected chi connectivity index (χ0v) is 16.2. The van der Waals surface area contributed by atoms with Crippen LogP contribution in [0.2, 0.25) is 0 Å². The number of carbonyl (C=O) groups is 1. The molecule has 1 atom stereocenters. The summed E-state index contributed by atoms with van der Waals surface area (Å²) in [5.41, 5.74) is 1.05.